The molecule has 0 atom stereocenters. The molecule has 8 nitrogen and oxygen atoms in total. The van der Waals surface area contributed by atoms with Gasteiger partial charge in [0.15, 0.2) is 0 Å². The Balaban J connectivity index is 1.75. The van der Waals surface area contributed by atoms with Crippen molar-refractivity contribution in [1.29, 1.82) is 0 Å². The van der Waals surface area contributed by atoms with Crippen molar-refractivity contribution in [2.24, 2.45) is 4.99 Å². The van der Waals surface area contributed by atoms with Gasteiger partial charge < -0.3 is 9.64 Å². The molecule has 0 amide bonds. The van der Waals surface area contributed by atoms with Crippen molar-refractivity contribution < 1.29 is 13.2 Å². The standard InChI is InChI=1S/C25H30ClN5O3S/c1-4-29(5-2)24-12-11-21(35(32,33)30-13-15-34-16-14-30)17-23(24)27-18-22-19(3)28-31(25(22)26)20-9-7-6-8-10-20/h6-12,17-18H,4-5,13-16H2,1-3H3. The van der Waals surface area contributed by atoms with E-state index in [-0.39, 0.29) is 4.90 Å². The molecule has 35 heavy (non-hydrogen) atoms. The Morgan fingerprint density at radius 3 is 2.46 bits per heavy atom. The molecule has 0 unspecified atom stereocenters. The zero-order valence-electron chi connectivity index (χ0n) is 20.2. The van der Waals surface area contributed by atoms with Crippen molar-refractivity contribution in [2.75, 3.05) is 44.3 Å². The predicted molar refractivity (Wildman–Crippen MR) is 140 cm³/mol. The number of rotatable bonds is 8. The number of hydrogen-bond acceptors (Lipinski definition) is 6. The summed E-state index contributed by atoms with van der Waals surface area (Å²) in [6.45, 7) is 8.98. The van der Waals surface area contributed by atoms with Crippen LogP contribution >= 0.6 is 11.6 Å². The third kappa shape index (κ3) is 5.28. The molecule has 0 N–H and O–H groups in total. The van der Waals surface area contributed by atoms with E-state index in [1.807, 2.05) is 43.3 Å². The van der Waals surface area contributed by atoms with Crippen LogP contribution < -0.4 is 4.90 Å². The first-order valence-corrected chi connectivity index (χ1v) is 13.5. The summed E-state index contributed by atoms with van der Waals surface area (Å²) in [4.78, 5) is 7.08. The molecule has 10 heteroatoms. The van der Waals surface area contributed by atoms with Gasteiger partial charge in [0.1, 0.15) is 5.15 Å². The Hall–Kier alpha value is -2.72. The molecule has 1 saturated heterocycles. The number of nitrogens with zero attached hydrogens (tertiary/aromatic N) is 5. The maximum Gasteiger partial charge on any atom is 0.243 e. The lowest BCUT2D eigenvalue weighted by Crippen LogP contribution is -2.40. The van der Waals surface area contributed by atoms with Gasteiger partial charge in [0.05, 0.1) is 46.4 Å². The topological polar surface area (TPSA) is 80.0 Å². The molecule has 186 valence electrons. The summed E-state index contributed by atoms with van der Waals surface area (Å²) in [5, 5.41) is 5.01. The molecule has 4 rings (SSSR count). The lowest BCUT2D eigenvalue weighted by molar-refractivity contribution is 0.0730. The highest BCUT2D eigenvalue weighted by Crippen LogP contribution is 2.33. The molecule has 0 radical (unpaired) electrons. The summed E-state index contributed by atoms with van der Waals surface area (Å²) in [7, 11) is -3.65. The molecule has 0 spiro atoms. The van der Waals surface area contributed by atoms with Gasteiger partial charge in [0.25, 0.3) is 0 Å². The zero-order valence-corrected chi connectivity index (χ0v) is 21.8. The number of aromatic nitrogens is 2. The first kappa shape index (κ1) is 25.4. The van der Waals surface area contributed by atoms with Gasteiger partial charge in [0, 0.05) is 32.4 Å². The molecule has 0 saturated carbocycles. The van der Waals surface area contributed by atoms with E-state index in [1.54, 1.807) is 23.0 Å². The van der Waals surface area contributed by atoms with E-state index in [4.69, 9.17) is 21.3 Å². The van der Waals surface area contributed by atoms with Crippen molar-refractivity contribution in [3.63, 3.8) is 0 Å². The number of sulfonamides is 1. The van der Waals surface area contributed by atoms with Crippen LogP contribution in [0.2, 0.25) is 5.15 Å². The van der Waals surface area contributed by atoms with Crippen molar-refractivity contribution >= 4 is 39.2 Å². The fourth-order valence-electron chi connectivity index (χ4n) is 4.07. The van der Waals surface area contributed by atoms with Crippen LogP contribution in [-0.4, -0.2) is 68.1 Å². The number of para-hydroxylation sites is 1. The maximum absolute atomic E-state index is 13.3. The SMILES string of the molecule is CCN(CC)c1ccc(S(=O)(=O)N2CCOCC2)cc1N=Cc1c(C)nn(-c2ccccc2)c1Cl. The molecular weight excluding hydrogens is 486 g/mol. The highest BCUT2D eigenvalue weighted by atomic mass is 35.5. The Bertz CT molecular complexity index is 1300. The lowest BCUT2D eigenvalue weighted by atomic mass is 10.2. The van der Waals surface area contributed by atoms with E-state index in [2.05, 4.69) is 23.8 Å². The third-order valence-electron chi connectivity index (χ3n) is 6.04. The number of benzene rings is 2. The summed E-state index contributed by atoms with van der Waals surface area (Å²) in [6, 6.07) is 14.8. The molecule has 1 aliphatic rings. The average molecular weight is 516 g/mol. The van der Waals surface area contributed by atoms with Gasteiger partial charge in [-0.15, -0.1) is 0 Å². The van der Waals surface area contributed by atoms with Crippen molar-refractivity contribution in [2.45, 2.75) is 25.7 Å². The van der Waals surface area contributed by atoms with E-state index >= 15 is 0 Å². The second kappa shape index (κ2) is 10.9. The minimum absolute atomic E-state index is 0.213. The summed E-state index contributed by atoms with van der Waals surface area (Å²) >= 11 is 6.68. The Morgan fingerprint density at radius 2 is 1.80 bits per heavy atom. The fraction of sp³-hybridized carbons (Fsp3) is 0.360. The van der Waals surface area contributed by atoms with Crippen LogP contribution in [0.1, 0.15) is 25.1 Å². The largest absolute Gasteiger partial charge is 0.379 e. The first-order valence-electron chi connectivity index (χ1n) is 11.7. The van der Waals surface area contributed by atoms with Crippen molar-refractivity contribution in [1.82, 2.24) is 14.1 Å². The molecule has 1 fully saturated rings. The summed E-state index contributed by atoms with van der Waals surface area (Å²) in [5.74, 6) is 0. The van der Waals surface area contributed by atoms with Gasteiger partial charge >= 0.3 is 0 Å². The number of aryl methyl sites for hydroxylation is 1. The number of hydrogen-bond donors (Lipinski definition) is 0. The van der Waals surface area contributed by atoms with Gasteiger partial charge in [-0.1, -0.05) is 29.8 Å². The molecule has 2 heterocycles. The summed E-state index contributed by atoms with van der Waals surface area (Å²) < 4.78 is 35.0. The zero-order chi connectivity index (χ0) is 25.0. The Morgan fingerprint density at radius 1 is 1.11 bits per heavy atom. The second-order valence-electron chi connectivity index (χ2n) is 8.13. The number of halogens is 1. The van der Waals surface area contributed by atoms with Crippen LogP contribution in [-0.2, 0) is 14.8 Å². The number of anilines is 1. The highest BCUT2D eigenvalue weighted by Gasteiger charge is 2.27. The Kier molecular flexibility index (Phi) is 7.91. The van der Waals surface area contributed by atoms with Crippen molar-refractivity contribution in [3.8, 4) is 5.69 Å². The van der Waals surface area contributed by atoms with Gasteiger partial charge in [-0.05, 0) is 51.1 Å². The van der Waals surface area contributed by atoms with Crippen LogP contribution in [0.3, 0.4) is 0 Å². The third-order valence-corrected chi connectivity index (χ3v) is 8.30. The van der Waals surface area contributed by atoms with Crippen LogP contribution in [0.5, 0.6) is 0 Å². The summed E-state index contributed by atoms with van der Waals surface area (Å²) in [5.41, 5.74) is 3.68. The molecule has 1 aromatic heterocycles. The number of ether oxygens (including phenoxy) is 1. The van der Waals surface area contributed by atoms with Gasteiger partial charge in [-0.3, -0.25) is 4.99 Å². The number of aliphatic imine (C=N–C) groups is 1. The molecule has 0 aliphatic carbocycles. The normalized spacial score (nSPS) is 15.1. The minimum Gasteiger partial charge on any atom is -0.379 e. The van der Waals surface area contributed by atoms with E-state index in [0.29, 0.717) is 42.7 Å². The summed E-state index contributed by atoms with van der Waals surface area (Å²) in [6.07, 6.45) is 1.66. The lowest BCUT2D eigenvalue weighted by Gasteiger charge is -2.27. The second-order valence-corrected chi connectivity index (χ2v) is 10.4. The van der Waals surface area contributed by atoms with E-state index in [1.165, 1.54) is 4.31 Å². The smallest absolute Gasteiger partial charge is 0.243 e. The first-order chi connectivity index (χ1) is 16.9. The van der Waals surface area contributed by atoms with Gasteiger partial charge in [-0.2, -0.15) is 9.40 Å². The van der Waals surface area contributed by atoms with Gasteiger partial charge in [-0.25, -0.2) is 13.1 Å². The van der Waals surface area contributed by atoms with Crippen molar-refractivity contribution in [3.05, 3.63) is 64.9 Å². The minimum atomic E-state index is -3.65. The van der Waals surface area contributed by atoms with E-state index < -0.39 is 10.0 Å². The van der Waals surface area contributed by atoms with Crippen LogP contribution in [0.15, 0.2) is 58.4 Å². The van der Waals surface area contributed by atoms with Crippen LogP contribution in [0, 0.1) is 6.92 Å². The molecule has 0 bridgehead atoms. The molecule has 3 aromatic rings. The molecule has 2 aromatic carbocycles. The fourth-order valence-corrected chi connectivity index (χ4v) is 5.82. The monoisotopic (exact) mass is 515 g/mol. The molecule has 1 aliphatic heterocycles. The van der Waals surface area contributed by atoms with E-state index in [9.17, 15) is 8.42 Å². The van der Waals surface area contributed by atoms with Crippen LogP contribution in [0.25, 0.3) is 5.69 Å². The Labute approximate surface area is 211 Å². The average Bonchev–Trinajstić information content (AvgIpc) is 3.17. The van der Waals surface area contributed by atoms with Gasteiger partial charge in [0.2, 0.25) is 10.0 Å². The van der Waals surface area contributed by atoms with Crippen LogP contribution in [0.4, 0.5) is 11.4 Å². The quantitative estimate of drug-likeness (QED) is 0.414. The number of morpholine rings is 1. The predicted octanol–water partition coefficient (Wildman–Crippen LogP) is 4.45. The van der Waals surface area contributed by atoms with E-state index in [0.717, 1.165) is 30.2 Å². The maximum atomic E-state index is 13.3. The molecular formula is C25H30ClN5O3S. The highest BCUT2D eigenvalue weighted by molar-refractivity contribution is 7.89.